The molecule has 1 saturated heterocycles. The number of hydrogen-bond acceptors (Lipinski definition) is 4. The van der Waals surface area contributed by atoms with E-state index in [1.165, 1.54) is 36.4 Å². The van der Waals surface area contributed by atoms with Crippen molar-refractivity contribution >= 4 is 11.6 Å². The third-order valence-corrected chi connectivity index (χ3v) is 5.31. The molecule has 4 rings (SSSR count). The van der Waals surface area contributed by atoms with Gasteiger partial charge in [-0.3, -0.25) is 14.4 Å². The molecule has 156 valence electrons. The lowest BCUT2D eigenvalue weighted by Crippen LogP contribution is -2.31. The molecule has 8 heteroatoms. The molecule has 0 bridgehead atoms. The summed E-state index contributed by atoms with van der Waals surface area (Å²) in [7, 11) is 0. The highest BCUT2D eigenvalue weighted by Gasteiger charge is 2.33. The highest BCUT2D eigenvalue weighted by molar-refractivity contribution is 6.04. The summed E-state index contributed by atoms with van der Waals surface area (Å²) in [6.07, 6.45) is 3.95. The van der Waals surface area contributed by atoms with E-state index < -0.39 is 11.7 Å². The number of benzene rings is 2. The Kier molecular flexibility index (Phi) is 5.87. The molecule has 0 saturated carbocycles. The summed E-state index contributed by atoms with van der Waals surface area (Å²) in [5.41, 5.74) is 1.58. The average molecular weight is 412 g/mol. The van der Waals surface area contributed by atoms with Gasteiger partial charge in [0, 0.05) is 30.9 Å². The molecule has 1 aliphatic heterocycles. The molecular formula is C22H22F2N4O2. The fourth-order valence-corrected chi connectivity index (χ4v) is 3.84. The third kappa shape index (κ3) is 4.55. The van der Waals surface area contributed by atoms with E-state index in [2.05, 4.69) is 15.3 Å². The van der Waals surface area contributed by atoms with E-state index in [9.17, 15) is 18.7 Å². The van der Waals surface area contributed by atoms with Crippen molar-refractivity contribution in [2.75, 3.05) is 18.5 Å². The van der Waals surface area contributed by atoms with Crippen LogP contribution in [0.1, 0.15) is 28.4 Å². The van der Waals surface area contributed by atoms with Crippen LogP contribution in [0.3, 0.4) is 0 Å². The van der Waals surface area contributed by atoms with Crippen molar-refractivity contribution in [1.29, 1.82) is 0 Å². The first-order valence-electron chi connectivity index (χ1n) is 9.72. The van der Waals surface area contributed by atoms with E-state index in [1.54, 1.807) is 23.1 Å². The number of nitrogens with one attached hydrogen (secondary N) is 1. The quantitative estimate of drug-likeness (QED) is 0.652. The predicted octanol–water partition coefficient (Wildman–Crippen LogP) is 3.22. The van der Waals surface area contributed by atoms with Crippen LogP contribution in [-0.4, -0.2) is 44.9 Å². The van der Waals surface area contributed by atoms with Crippen LogP contribution in [0.15, 0.2) is 60.9 Å². The molecule has 0 spiro atoms. The molecule has 0 aliphatic carbocycles. The Morgan fingerprint density at radius 2 is 1.93 bits per heavy atom. The number of aromatic nitrogens is 2. The number of amides is 1. The molecule has 0 radical (unpaired) electrons. The van der Waals surface area contributed by atoms with Crippen molar-refractivity contribution in [3.8, 4) is 0 Å². The van der Waals surface area contributed by atoms with E-state index in [4.69, 9.17) is 0 Å². The first-order valence-corrected chi connectivity index (χ1v) is 9.72. The first-order chi connectivity index (χ1) is 14.5. The van der Waals surface area contributed by atoms with Crippen molar-refractivity contribution in [1.82, 2.24) is 14.7 Å². The van der Waals surface area contributed by atoms with E-state index in [1.807, 2.05) is 6.07 Å². The number of carbonyl (C=O) groups excluding carboxylic acids is 1. The maximum Gasteiger partial charge on any atom is 0.255 e. The van der Waals surface area contributed by atoms with E-state index in [0.29, 0.717) is 25.2 Å². The SMILES string of the molecule is O=C(Nc1cnn([C@H]2C[C@@H](CO)N(Cc3cccc(F)c3)C2)c1)c1cccc(F)c1. The minimum atomic E-state index is -0.474. The Bertz CT molecular complexity index is 1040. The molecule has 1 amide bonds. The van der Waals surface area contributed by atoms with Crippen LogP contribution < -0.4 is 5.32 Å². The molecule has 3 aromatic rings. The van der Waals surface area contributed by atoms with Gasteiger partial charge < -0.3 is 10.4 Å². The van der Waals surface area contributed by atoms with Gasteiger partial charge in [-0.05, 0) is 42.3 Å². The van der Waals surface area contributed by atoms with Gasteiger partial charge in [0.05, 0.1) is 24.5 Å². The van der Waals surface area contributed by atoms with Crippen LogP contribution in [-0.2, 0) is 6.54 Å². The van der Waals surface area contributed by atoms with Gasteiger partial charge in [-0.1, -0.05) is 18.2 Å². The topological polar surface area (TPSA) is 70.4 Å². The van der Waals surface area contributed by atoms with Gasteiger partial charge in [-0.25, -0.2) is 8.78 Å². The minimum absolute atomic E-state index is 0.00372. The van der Waals surface area contributed by atoms with Crippen molar-refractivity contribution in [2.24, 2.45) is 0 Å². The van der Waals surface area contributed by atoms with Crippen LogP contribution in [0.2, 0.25) is 0 Å². The van der Waals surface area contributed by atoms with E-state index in [-0.39, 0.29) is 30.1 Å². The molecule has 1 aliphatic rings. The lowest BCUT2D eigenvalue weighted by Gasteiger charge is -2.22. The lowest BCUT2D eigenvalue weighted by atomic mass is 10.1. The van der Waals surface area contributed by atoms with Crippen molar-refractivity contribution in [3.05, 3.63) is 83.7 Å². The molecule has 2 aromatic carbocycles. The number of carbonyl (C=O) groups is 1. The summed E-state index contributed by atoms with van der Waals surface area (Å²) in [6, 6.07) is 11.9. The molecule has 6 nitrogen and oxygen atoms in total. The number of likely N-dealkylation sites (tertiary alicyclic amines) is 1. The van der Waals surface area contributed by atoms with Crippen LogP contribution in [0.4, 0.5) is 14.5 Å². The zero-order valence-corrected chi connectivity index (χ0v) is 16.2. The Labute approximate surface area is 172 Å². The van der Waals surface area contributed by atoms with Crippen molar-refractivity contribution in [2.45, 2.75) is 25.0 Å². The summed E-state index contributed by atoms with van der Waals surface area (Å²) in [5.74, 6) is -1.17. The van der Waals surface area contributed by atoms with Gasteiger partial charge in [0.25, 0.3) is 5.91 Å². The van der Waals surface area contributed by atoms with Gasteiger partial charge >= 0.3 is 0 Å². The zero-order valence-electron chi connectivity index (χ0n) is 16.2. The minimum Gasteiger partial charge on any atom is -0.395 e. The first kappa shape index (κ1) is 20.2. The Morgan fingerprint density at radius 1 is 1.17 bits per heavy atom. The molecule has 30 heavy (non-hydrogen) atoms. The van der Waals surface area contributed by atoms with Crippen LogP contribution in [0.5, 0.6) is 0 Å². The number of rotatable bonds is 6. The lowest BCUT2D eigenvalue weighted by molar-refractivity contribution is 0.102. The monoisotopic (exact) mass is 412 g/mol. The average Bonchev–Trinajstić information content (AvgIpc) is 3.35. The van der Waals surface area contributed by atoms with Crippen LogP contribution in [0, 0.1) is 11.6 Å². The van der Waals surface area contributed by atoms with Gasteiger partial charge in [-0.2, -0.15) is 5.10 Å². The van der Waals surface area contributed by atoms with Gasteiger partial charge in [-0.15, -0.1) is 0 Å². The van der Waals surface area contributed by atoms with Gasteiger partial charge in [0.2, 0.25) is 0 Å². The Hall–Kier alpha value is -3.10. The number of anilines is 1. The fourth-order valence-electron chi connectivity index (χ4n) is 3.84. The summed E-state index contributed by atoms with van der Waals surface area (Å²) >= 11 is 0. The highest BCUT2D eigenvalue weighted by Crippen LogP contribution is 2.29. The number of halogens is 2. The normalized spacial score (nSPS) is 19.2. The second kappa shape index (κ2) is 8.73. The fraction of sp³-hybridized carbons (Fsp3) is 0.273. The van der Waals surface area contributed by atoms with Crippen LogP contribution in [0.25, 0.3) is 0 Å². The van der Waals surface area contributed by atoms with E-state index >= 15 is 0 Å². The van der Waals surface area contributed by atoms with Crippen molar-refractivity contribution in [3.63, 3.8) is 0 Å². The largest absolute Gasteiger partial charge is 0.395 e. The van der Waals surface area contributed by atoms with E-state index in [0.717, 1.165) is 5.56 Å². The van der Waals surface area contributed by atoms with Gasteiger partial charge in [0.1, 0.15) is 11.6 Å². The maximum absolute atomic E-state index is 13.5. The summed E-state index contributed by atoms with van der Waals surface area (Å²) in [6.45, 7) is 1.17. The molecule has 2 N–H and O–H groups in total. The molecule has 2 atom stereocenters. The third-order valence-electron chi connectivity index (χ3n) is 5.31. The summed E-state index contributed by atoms with van der Waals surface area (Å²) in [4.78, 5) is 14.4. The molecule has 1 aromatic heterocycles. The second-order valence-electron chi connectivity index (χ2n) is 7.46. The number of aliphatic hydroxyl groups excluding tert-OH is 1. The smallest absolute Gasteiger partial charge is 0.255 e. The van der Waals surface area contributed by atoms with Gasteiger partial charge in [0.15, 0.2) is 0 Å². The summed E-state index contributed by atoms with van der Waals surface area (Å²) < 4.78 is 28.6. The zero-order chi connectivity index (χ0) is 21.1. The molecule has 1 fully saturated rings. The number of nitrogens with zero attached hydrogens (tertiary/aromatic N) is 3. The standard InChI is InChI=1S/C22H22F2N4O2/c23-17-5-1-3-15(7-17)11-27-13-20(9-21(27)14-29)28-12-19(10-25-28)26-22(30)16-4-2-6-18(24)8-16/h1-8,10,12,20-21,29H,9,11,13-14H2,(H,26,30)/t20-,21-/m0/s1. The van der Waals surface area contributed by atoms with Crippen molar-refractivity contribution < 1.29 is 18.7 Å². The molecular weight excluding hydrogens is 390 g/mol. The molecule has 0 unspecified atom stereocenters. The Balaban J connectivity index is 1.42. The molecule has 2 heterocycles. The summed E-state index contributed by atoms with van der Waals surface area (Å²) in [5, 5.41) is 16.8. The highest BCUT2D eigenvalue weighted by atomic mass is 19.1. The maximum atomic E-state index is 13.5. The Morgan fingerprint density at radius 3 is 2.67 bits per heavy atom. The van der Waals surface area contributed by atoms with Crippen LogP contribution >= 0.6 is 0 Å². The number of hydrogen-bond donors (Lipinski definition) is 2. The number of aliphatic hydroxyl groups is 1. The second-order valence-corrected chi connectivity index (χ2v) is 7.46. The predicted molar refractivity (Wildman–Crippen MR) is 108 cm³/mol.